The molecule has 1 N–H and O–H groups in total. The summed E-state index contributed by atoms with van der Waals surface area (Å²) in [6, 6.07) is 4.67. The third kappa shape index (κ3) is 1.74. The standard InChI is InChI=1S/C16H20N4/c1-11-15(12-6-8-17-9-7-12)19-20-14-5-3-2-4-13(14)10-18-16(11)20/h6-9,13-14,18H,2-5,10H2,1H3. The van der Waals surface area contributed by atoms with Crippen molar-refractivity contribution < 1.29 is 0 Å². The van der Waals surface area contributed by atoms with E-state index >= 15 is 0 Å². The highest BCUT2D eigenvalue weighted by Crippen LogP contribution is 2.41. The first-order valence-electron chi connectivity index (χ1n) is 7.58. The van der Waals surface area contributed by atoms with Gasteiger partial charge in [0.05, 0.1) is 11.7 Å². The van der Waals surface area contributed by atoms with E-state index in [1.54, 1.807) is 0 Å². The minimum absolute atomic E-state index is 0.592. The Hall–Kier alpha value is -1.84. The average molecular weight is 268 g/mol. The molecule has 1 aliphatic heterocycles. The first kappa shape index (κ1) is 11.9. The summed E-state index contributed by atoms with van der Waals surface area (Å²) in [5.41, 5.74) is 3.52. The normalized spacial score (nSPS) is 24.6. The number of pyridine rings is 1. The van der Waals surface area contributed by atoms with Crippen LogP contribution in [0.25, 0.3) is 11.3 Å². The van der Waals surface area contributed by atoms with E-state index in [4.69, 9.17) is 5.10 Å². The molecule has 0 radical (unpaired) electrons. The van der Waals surface area contributed by atoms with Crippen molar-refractivity contribution >= 4 is 5.82 Å². The molecular formula is C16H20N4. The average Bonchev–Trinajstić information content (AvgIpc) is 2.86. The maximum atomic E-state index is 4.93. The van der Waals surface area contributed by atoms with Crippen LogP contribution in [0.3, 0.4) is 0 Å². The highest BCUT2D eigenvalue weighted by Gasteiger charge is 2.34. The molecule has 0 spiro atoms. The van der Waals surface area contributed by atoms with Gasteiger partial charge in [-0.05, 0) is 37.8 Å². The van der Waals surface area contributed by atoms with Gasteiger partial charge >= 0.3 is 0 Å². The van der Waals surface area contributed by atoms with E-state index in [-0.39, 0.29) is 0 Å². The lowest BCUT2D eigenvalue weighted by Gasteiger charge is -2.37. The lowest BCUT2D eigenvalue weighted by Crippen LogP contribution is -2.35. The van der Waals surface area contributed by atoms with Gasteiger partial charge in [-0.25, -0.2) is 4.68 Å². The second kappa shape index (κ2) is 4.62. The number of anilines is 1. The second-order valence-corrected chi connectivity index (χ2v) is 6.00. The fraction of sp³-hybridized carbons (Fsp3) is 0.500. The molecule has 1 saturated carbocycles. The summed E-state index contributed by atoms with van der Waals surface area (Å²) in [5.74, 6) is 1.97. The van der Waals surface area contributed by atoms with Crippen molar-refractivity contribution in [2.75, 3.05) is 11.9 Å². The lowest BCUT2D eigenvalue weighted by molar-refractivity contribution is 0.222. The molecule has 1 aliphatic carbocycles. The minimum Gasteiger partial charge on any atom is -0.370 e. The van der Waals surface area contributed by atoms with Gasteiger partial charge in [0.2, 0.25) is 0 Å². The second-order valence-electron chi connectivity index (χ2n) is 6.00. The van der Waals surface area contributed by atoms with Crippen LogP contribution in [0.15, 0.2) is 24.5 Å². The topological polar surface area (TPSA) is 42.7 Å². The number of hydrogen-bond acceptors (Lipinski definition) is 3. The van der Waals surface area contributed by atoms with Gasteiger partial charge in [0, 0.05) is 30.1 Å². The van der Waals surface area contributed by atoms with Crippen molar-refractivity contribution in [2.45, 2.75) is 38.6 Å². The Bertz CT molecular complexity index is 617. The lowest BCUT2D eigenvalue weighted by atomic mass is 9.83. The highest BCUT2D eigenvalue weighted by molar-refractivity contribution is 5.69. The Morgan fingerprint density at radius 1 is 1.20 bits per heavy atom. The van der Waals surface area contributed by atoms with Crippen LogP contribution >= 0.6 is 0 Å². The first-order valence-corrected chi connectivity index (χ1v) is 7.58. The Labute approximate surface area is 119 Å². The molecule has 0 amide bonds. The van der Waals surface area contributed by atoms with Gasteiger partial charge in [0.15, 0.2) is 0 Å². The van der Waals surface area contributed by atoms with Crippen LogP contribution in [0.1, 0.15) is 37.3 Å². The zero-order chi connectivity index (χ0) is 13.5. The minimum atomic E-state index is 0.592. The Kier molecular flexibility index (Phi) is 2.76. The van der Waals surface area contributed by atoms with Gasteiger partial charge in [-0.2, -0.15) is 5.10 Å². The van der Waals surface area contributed by atoms with Crippen LogP contribution in [0, 0.1) is 12.8 Å². The van der Waals surface area contributed by atoms with Crippen molar-refractivity contribution in [2.24, 2.45) is 5.92 Å². The third-order valence-corrected chi connectivity index (χ3v) is 4.82. The van der Waals surface area contributed by atoms with Gasteiger partial charge in [0.25, 0.3) is 0 Å². The van der Waals surface area contributed by atoms with Gasteiger partial charge < -0.3 is 5.32 Å². The van der Waals surface area contributed by atoms with E-state index in [1.807, 2.05) is 24.5 Å². The number of hydrogen-bond donors (Lipinski definition) is 1. The van der Waals surface area contributed by atoms with E-state index in [9.17, 15) is 0 Å². The molecular weight excluding hydrogens is 248 g/mol. The smallest absolute Gasteiger partial charge is 0.128 e. The molecule has 4 nitrogen and oxygen atoms in total. The SMILES string of the molecule is Cc1c(-c2ccncc2)nn2c1NCC1CCCCC12. The number of rotatable bonds is 1. The molecule has 20 heavy (non-hydrogen) atoms. The molecule has 2 unspecified atom stereocenters. The summed E-state index contributed by atoms with van der Waals surface area (Å²) < 4.78 is 2.26. The van der Waals surface area contributed by atoms with Crippen molar-refractivity contribution in [3.05, 3.63) is 30.1 Å². The molecule has 0 bridgehead atoms. The Morgan fingerprint density at radius 2 is 2.00 bits per heavy atom. The largest absolute Gasteiger partial charge is 0.370 e. The third-order valence-electron chi connectivity index (χ3n) is 4.82. The summed E-state index contributed by atoms with van der Waals surface area (Å²) in [7, 11) is 0. The molecule has 1 fully saturated rings. The van der Waals surface area contributed by atoms with Crippen LogP contribution in [0.2, 0.25) is 0 Å². The summed E-state index contributed by atoms with van der Waals surface area (Å²) in [6.07, 6.45) is 8.99. The summed E-state index contributed by atoms with van der Waals surface area (Å²) >= 11 is 0. The van der Waals surface area contributed by atoms with E-state index in [0.717, 1.165) is 23.7 Å². The zero-order valence-corrected chi connectivity index (χ0v) is 11.8. The molecule has 2 aromatic heterocycles. The molecule has 2 aliphatic rings. The van der Waals surface area contributed by atoms with Crippen molar-refractivity contribution in [1.82, 2.24) is 14.8 Å². The van der Waals surface area contributed by atoms with Crippen LogP contribution in [-0.2, 0) is 0 Å². The maximum Gasteiger partial charge on any atom is 0.128 e. The van der Waals surface area contributed by atoms with Gasteiger partial charge in [-0.15, -0.1) is 0 Å². The molecule has 0 aromatic carbocycles. The van der Waals surface area contributed by atoms with Gasteiger partial charge in [-0.1, -0.05) is 12.8 Å². The molecule has 3 heterocycles. The fourth-order valence-corrected chi connectivity index (χ4v) is 3.73. The Morgan fingerprint density at radius 3 is 2.85 bits per heavy atom. The quantitative estimate of drug-likeness (QED) is 0.862. The number of nitrogens with one attached hydrogen (secondary N) is 1. The van der Waals surface area contributed by atoms with Gasteiger partial charge in [0.1, 0.15) is 5.82 Å². The summed E-state index contributed by atoms with van der Waals surface area (Å²) in [6.45, 7) is 3.28. The number of fused-ring (bicyclic) bond motifs is 3. The molecule has 104 valence electrons. The summed E-state index contributed by atoms with van der Waals surface area (Å²) in [5, 5.41) is 8.54. The molecule has 4 heteroatoms. The molecule has 2 aromatic rings. The molecule has 4 rings (SSSR count). The monoisotopic (exact) mass is 268 g/mol. The maximum absolute atomic E-state index is 4.93. The van der Waals surface area contributed by atoms with Crippen molar-refractivity contribution in [1.29, 1.82) is 0 Å². The predicted octanol–water partition coefficient (Wildman–Crippen LogP) is 3.41. The fourth-order valence-electron chi connectivity index (χ4n) is 3.73. The predicted molar refractivity (Wildman–Crippen MR) is 79.7 cm³/mol. The highest BCUT2D eigenvalue weighted by atomic mass is 15.4. The van der Waals surface area contributed by atoms with Crippen molar-refractivity contribution in [3.8, 4) is 11.3 Å². The number of nitrogens with zero attached hydrogens (tertiary/aromatic N) is 3. The van der Waals surface area contributed by atoms with Crippen LogP contribution < -0.4 is 5.32 Å². The van der Waals surface area contributed by atoms with E-state index in [0.29, 0.717) is 6.04 Å². The van der Waals surface area contributed by atoms with Crippen molar-refractivity contribution in [3.63, 3.8) is 0 Å². The number of aromatic nitrogens is 3. The first-order chi connectivity index (χ1) is 9.84. The molecule has 2 atom stereocenters. The van der Waals surface area contributed by atoms with Crippen LogP contribution in [-0.4, -0.2) is 21.3 Å². The van der Waals surface area contributed by atoms with E-state index in [2.05, 4.69) is 21.9 Å². The van der Waals surface area contributed by atoms with Crippen LogP contribution in [0.5, 0.6) is 0 Å². The molecule has 0 saturated heterocycles. The van der Waals surface area contributed by atoms with Crippen LogP contribution in [0.4, 0.5) is 5.82 Å². The summed E-state index contributed by atoms with van der Waals surface area (Å²) in [4.78, 5) is 4.10. The van der Waals surface area contributed by atoms with E-state index < -0.39 is 0 Å². The van der Waals surface area contributed by atoms with Gasteiger partial charge in [-0.3, -0.25) is 4.98 Å². The zero-order valence-electron chi connectivity index (χ0n) is 11.8. The Balaban J connectivity index is 1.80. The van der Waals surface area contributed by atoms with E-state index in [1.165, 1.54) is 37.1 Å².